The van der Waals surface area contributed by atoms with Crippen molar-refractivity contribution in [3.05, 3.63) is 34.3 Å². The quantitative estimate of drug-likeness (QED) is 0.630. The van der Waals surface area contributed by atoms with Gasteiger partial charge in [0, 0.05) is 10.6 Å². The molecule has 0 amide bonds. The fourth-order valence-electron chi connectivity index (χ4n) is 0.829. The molecule has 0 saturated heterocycles. The summed E-state index contributed by atoms with van der Waals surface area (Å²) in [5, 5.41) is 10.9. The predicted octanol–water partition coefficient (Wildman–Crippen LogP) is 1.01. The first-order chi connectivity index (χ1) is 5.13. The number of hydrogen-bond donors (Lipinski definition) is 0. The Morgan fingerprint density at radius 1 is 1.55 bits per heavy atom. The van der Waals surface area contributed by atoms with Crippen LogP contribution < -0.4 is 5.11 Å². The van der Waals surface area contributed by atoms with Crippen LogP contribution in [-0.4, -0.2) is 5.97 Å². The molecule has 1 rings (SSSR count). The lowest BCUT2D eigenvalue weighted by molar-refractivity contribution is -0.255. The van der Waals surface area contributed by atoms with E-state index in [1.165, 1.54) is 6.07 Å². The van der Waals surface area contributed by atoms with Crippen molar-refractivity contribution in [2.75, 3.05) is 0 Å². The zero-order valence-corrected chi connectivity index (χ0v) is 6.68. The van der Waals surface area contributed by atoms with Gasteiger partial charge in [0.15, 0.2) is 0 Å². The minimum absolute atomic E-state index is 0.150. The van der Waals surface area contributed by atoms with Gasteiger partial charge in [-0.2, -0.15) is 0 Å². The maximum atomic E-state index is 10.4. The smallest absolute Gasteiger partial charge is 0.0718 e. The molecule has 0 spiro atoms. The molecule has 11 heavy (non-hydrogen) atoms. The van der Waals surface area contributed by atoms with Crippen molar-refractivity contribution in [1.82, 2.24) is 0 Å². The van der Waals surface area contributed by atoms with Crippen molar-refractivity contribution in [3.63, 3.8) is 0 Å². The van der Waals surface area contributed by atoms with Gasteiger partial charge in [0.2, 0.25) is 0 Å². The molecular formula is C8H6ClO2-. The molecule has 0 heterocycles. The molecule has 1 aromatic carbocycles. The lowest BCUT2D eigenvalue weighted by atomic mass is 10.1. The predicted molar refractivity (Wildman–Crippen MR) is 40.5 cm³/mol. The highest BCUT2D eigenvalue weighted by Gasteiger charge is 2.00. The van der Waals surface area contributed by atoms with Crippen LogP contribution in [0.25, 0.3) is 0 Å². The highest BCUT2D eigenvalue weighted by Crippen LogP contribution is 2.17. The number of carbonyl (C=O) groups is 1. The molecular weight excluding hydrogens is 164 g/mol. The Labute approximate surface area is 69.4 Å². The fourth-order valence-corrected chi connectivity index (χ4v) is 1.00. The molecule has 0 aliphatic rings. The summed E-state index contributed by atoms with van der Waals surface area (Å²) in [6.45, 7) is 1.65. The van der Waals surface area contributed by atoms with E-state index in [4.69, 9.17) is 11.6 Å². The Morgan fingerprint density at radius 3 is 2.64 bits per heavy atom. The van der Waals surface area contributed by atoms with Crippen LogP contribution in [0.4, 0.5) is 0 Å². The highest BCUT2D eigenvalue weighted by molar-refractivity contribution is 6.31. The molecule has 2 nitrogen and oxygen atoms in total. The monoisotopic (exact) mass is 169 g/mol. The van der Waals surface area contributed by atoms with E-state index in [2.05, 4.69) is 0 Å². The van der Waals surface area contributed by atoms with E-state index in [-0.39, 0.29) is 5.56 Å². The van der Waals surface area contributed by atoms with Crippen LogP contribution in [0, 0.1) is 6.92 Å². The lowest BCUT2D eigenvalue weighted by Crippen LogP contribution is -2.23. The summed E-state index contributed by atoms with van der Waals surface area (Å²) >= 11 is 5.67. The van der Waals surface area contributed by atoms with Crippen molar-refractivity contribution in [3.8, 4) is 0 Å². The minimum Gasteiger partial charge on any atom is -0.545 e. The van der Waals surface area contributed by atoms with Crippen LogP contribution in [0.1, 0.15) is 15.9 Å². The third-order valence-corrected chi connectivity index (χ3v) is 1.90. The number of benzene rings is 1. The Hall–Kier alpha value is -1.02. The fraction of sp³-hybridized carbons (Fsp3) is 0.125. The third-order valence-electron chi connectivity index (χ3n) is 1.49. The summed E-state index contributed by atoms with van der Waals surface area (Å²) in [6.07, 6.45) is 0. The van der Waals surface area contributed by atoms with Gasteiger partial charge in [-0.25, -0.2) is 0 Å². The Balaban J connectivity index is 3.27. The maximum absolute atomic E-state index is 10.4. The molecule has 0 fully saturated rings. The second-order valence-corrected chi connectivity index (χ2v) is 2.61. The summed E-state index contributed by atoms with van der Waals surface area (Å²) in [6, 6.07) is 4.69. The van der Waals surface area contributed by atoms with Gasteiger partial charge in [-0.15, -0.1) is 0 Å². The second kappa shape index (κ2) is 2.93. The van der Waals surface area contributed by atoms with Crippen LogP contribution in [0.15, 0.2) is 18.2 Å². The number of rotatable bonds is 1. The number of carboxylic acid groups (broad SMARTS) is 1. The molecule has 0 radical (unpaired) electrons. The summed E-state index contributed by atoms with van der Waals surface area (Å²) in [5.74, 6) is -1.19. The first-order valence-electron chi connectivity index (χ1n) is 3.09. The van der Waals surface area contributed by atoms with Crippen LogP contribution >= 0.6 is 11.6 Å². The summed E-state index contributed by atoms with van der Waals surface area (Å²) < 4.78 is 0. The average molecular weight is 170 g/mol. The first-order valence-corrected chi connectivity index (χ1v) is 3.47. The van der Waals surface area contributed by atoms with Gasteiger partial charge in [0.05, 0.1) is 5.97 Å². The summed E-state index contributed by atoms with van der Waals surface area (Å²) in [5.41, 5.74) is 0.701. The molecule has 58 valence electrons. The van der Waals surface area contributed by atoms with E-state index in [0.717, 1.165) is 0 Å². The molecule has 0 unspecified atom stereocenters. The highest BCUT2D eigenvalue weighted by atomic mass is 35.5. The molecule has 0 saturated carbocycles. The van der Waals surface area contributed by atoms with Gasteiger partial charge in [0.1, 0.15) is 0 Å². The average Bonchev–Trinajstić information content (AvgIpc) is 1.94. The summed E-state index contributed by atoms with van der Waals surface area (Å²) in [4.78, 5) is 10.4. The van der Waals surface area contributed by atoms with E-state index in [9.17, 15) is 9.90 Å². The van der Waals surface area contributed by atoms with Crippen molar-refractivity contribution < 1.29 is 9.90 Å². The zero-order valence-electron chi connectivity index (χ0n) is 5.93. The number of carboxylic acids is 1. The molecule has 0 atom stereocenters. The van der Waals surface area contributed by atoms with Gasteiger partial charge in [-0.05, 0) is 18.6 Å². The van der Waals surface area contributed by atoms with E-state index < -0.39 is 5.97 Å². The lowest BCUT2D eigenvalue weighted by Gasteiger charge is -2.06. The van der Waals surface area contributed by atoms with Gasteiger partial charge in [-0.1, -0.05) is 23.7 Å². The van der Waals surface area contributed by atoms with Crippen molar-refractivity contribution in [2.24, 2.45) is 0 Å². The molecule has 1 aromatic rings. The van der Waals surface area contributed by atoms with Crippen LogP contribution in [0.3, 0.4) is 0 Å². The molecule has 0 bridgehead atoms. The van der Waals surface area contributed by atoms with Crippen LogP contribution in [-0.2, 0) is 0 Å². The van der Waals surface area contributed by atoms with Crippen molar-refractivity contribution >= 4 is 17.6 Å². The zero-order chi connectivity index (χ0) is 8.43. The molecule has 0 aliphatic carbocycles. The second-order valence-electron chi connectivity index (χ2n) is 2.20. The third kappa shape index (κ3) is 1.52. The van der Waals surface area contributed by atoms with Crippen molar-refractivity contribution in [2.45, 2.75) is 6.92 Å². The van der Waals surface area contributed by atoms with Gasteiger partial charge < -0.3 is 9.90 Å². The minimum atomic E-state index is -1.19. The Bertz CT molecular complexity index is 294. The summed E-state index contributed by atoms with van der Waals surface area (Å²) in [7, 11) is 0. The largest absolute Gasteiger partial charge is 0.545 e. The molecule has 3 heteroatoms. The number of halogens is 1. The van der Waals surface area contributed by atoms with E-state index in [1.54, 1.807) is 19.1 Å². The molecule has 0 aliphatic heterocycles. The van der Waals surface area contributed by atoms with E-state index in [0.29, 0.717) is 10.6 Å². The number of carbonyl (C=O) groups excluding carboxylic acids is 1. The van der Waals surface area contributed by atoms with E-state index in [1.807, 2.05) is 0 Å². The topological polar surface area (TPSA) is 40.1 Å². The van der Waals surface area contributed by atoms with Crippen molar-refractivity contribution in [1.29, 1.82) is 0 Å². The number of hydrogen-bond acceptors (Lipinski definition) is 2. The van der Waals surface area contributed by atoms with Crippen LogP contribution in [0.5, 0.6) is 0 Å². The maximum Gasteiger partial charge on any atom is 0.0718 e. The van der Waals surface area contributed by atoms with Gasteiger partial charge in [0.25, 0.3) is 0 Å². The first kappa shape index (κ1) is 8.08. The Kier molecular flexibility index (Phi) is 2.15. The van der Waals surface area contributed by atoms with E-state index >= 15 is 0 Å². The van der Waals surface area contributed by atoms with Gasteiger partial charge >= 0.3 is 0 Å². The van der Waals surface area contributed by atoms with Gasteiger partial charge in [-0.3, -0.25) is 0 Å². The molecule has 0 N–H and O–H groups in total. The number of aromatic carboxylic acids is 1. The normalized spacial score (nSPS) is 9.64. The van der Waals surface area contributed by atoms with Crippen LogP contribution in [0.2, 0.25) is 5.02 Å². The SMILES string of the molecule is Cc1c(Cl)cccc1C(=O)[O-]. The standard InChI is InChI=1S/C8H7ClO2/c1-5-6(8(10)11)3-2-4-7(5)9/h2-4H,1H3,(H,10,11)/p-1. The molecule has 0 aromatic heterocycles. The Morgan fingerprint density at radius 2 is 2.18 bits per heavy atom.